The van der Waals surface area contributed by atoms with E-state index in [1.807, 2.05) is 13.8 Å². The third-order valence-electron chi connectivity index (χ3n) is 4.82. The number of aromatic nitrogens is 1. The summed E-state index contributed by atoms with van der Waals surface area (Å²) in [6.07, 6.45) is 1.87. The van der Waals surface area contributed by atoms with Crippen molar-refractivity contribution in [3.8, 4) is 0 Å². The molecule has 0 saturated carbocycles. The number of ketones is 1. The van der Waals surface area contributed by atoms with Crippen LogP contribution in [0.1, 0.15) is 72.0 Å². The molecule has 1 N–H and O–H groups in total. The molecule has 0 bridgehead atoms. The molecule has 0 aromatic carbocycles. The van der Waals surface area contributed by atoms with Crippen molar-refractivity contribution in [2.45, 2.75) is 60.5 Å². The van der Waals surface area contributed by atoms with Crippen molar-refractivity contribution in [1.29, 1.82) is 0 Å². The van der Waals surface area contributed by atoms with Gasteiger partial charge in [0.15, 0.2) is 5.78 Å². The minimum Gasteiger partial charge on any atom is -0.467 e. The van der Waals surface area contributed by atoms with Crippen LogP contribution < -0.4 is 0 Å². The van der Waals surface area contributed by atoms with Gasteiger partial charge in [-0.05, 0) is 51.3 Å². The normalized spacial score (nSPS) is 12.1. The number of amides is 1. The average Bonchev–Trinajstić information content (AvgIpc) is 3.25. The Labute approximate surface area is 171 Å². The number of Topliss-reactive ketones (excluding diaryl/α,β-unsaturated/α-hetero) is 1. The summed E-state index contributed by atoms with van der Waals surface area (Å²) in [7, 11) is 0. The summed E-state index contributed by atoms with van der Waals surface area (Å²) in [6, 6.07) is 2.81. The number of H-pyrrole nitrogens is 1. The SMILES string of the molecule is CCOC(=O)c1[nH]c(C)c(C(=O)[C@@H](C)N(Cc2ccco2)C(=O)CC(C)C)c1C. The maximum Gasteiger partial charge on any atom is 0.355 e. The van der Waals surface area contributed by atoms with Crippen LogP contribution in [0.4, 0.5) is 0 Å². The van der Waals surface area contributed by atoms with Gasteiger partial charge in [0.25, 0.3) is 0 Å². The first-order valence-electron chi connectivity index (χ1n) is 9.89. The Kier molecular flexibility index (Phi) is 7.42. The lowest BCUT2D eigenvalue weighted by atomic mass is 9.99. The van der Waals surface area contributed by atoms with Crippen LogP contribution in [-0.2, 0) is 16.1 Å². The number of carbonyl (C=O) groups excluding carboxylic acids is 3. The summed E-state index contributed by atoms with van der Waals surface area (Å²) in [4.78, 5) is 42.9. The number of nitrogens with zero attached hydrogens (tertiary/aromatic N) is 1. The van der Waals surface area contributed by atoms with E-state index in [1.165, 1.54) is 4.90 Å². The van der Waals surface area contributed by atoms with Crippen LogP contribution in [0.25, 0.3) is 0 Å². The van der Waals surface area contributed by atoms with Crippen molar-refractivity contribution in [3.63, 3.8) is 0 Å². The molecular weight excluding hydrogens is 372 g/mol. The third kappa shape index (κ3) is 5.16. The fourth-order valence-corrected chi connectivity index (χ4v) is 3.36. The van der Waals surface area contributed by atoms with Crippen molar-refractivity contribution in [3.05, 3.63) is 46.7 Å². The van der Waals surface area contributed by atoms with Gasteiger partial charge in [0.1, 0.15) is 11.5 Å². The lowest BCUT2D eigenvalue weighted by Gasteiger charge is -2.28. The molecule has 0 aliphatic heterocycles. The van der Waals surface area contributed by atoms with Crippen molar-refractivity contribution in [1.82, 2.24) is 9.88 Å². The Hall–Kier alpha value is -2.83. The number of aromatic amines is 1. The number of ether oxygens (including phenoxy) is 1. The molecule has 1 amide bonds. The number of esters is 1. The van der Waals surface area contributed by atoms with Crippen LogP contribution in [-0.4, -0.2) is 40.2 Å². The molecular formula is C22H30N2O5. The van der Waals surface area contributed by atoms with Crippen molar-refractivity contribution in [2.24, 2.45) is 5.92 Å². The van der Waals surface area contributed by atoms with Crippen LogP contribution in [0.15, 0.2) is 22.8 Å². The molecule has 1 atom stereocenters. The van der Waals surface area contributed by atoms with E-state index in [0.29, 0.717) is 29.0 Å². The molecule has 2 heterocycles. The maximum atomic E-state index is 13.3. The minimum absolute atomic E-state index is 0.117. The molecule has 7 nitrogen and oxygen atoms in total. The van der Waals surface area contributed by atoms with Gasteiger partial charge in [-0.25, -0.2) is 4.79 Å². The van der Waals surface area contributed by atoms with Gasteiger partial charge in [0.05, 0.1) is 25.5 Å². The number of nitrogens with one attached hydrogen (secondary N) is 1. The monoisotopic (exact) mass is 402 g/mol. The van der Waals surface area contributed by atoms with Crippen molar-refractivity contribution in [2.75, 3.05) is 6.61 Å². The predicted molar refractivity (Wildman–Crippen MR) is 109 cm³/mol. The summed E-state index contributed by atoms with van der Waals surface area (Å²) >= 11 is 0. The number of rotatable bonds is 9. The largest absolute Gasteiger partial charge is 0.467 e. The molecule has 0 spiro atoms. The van der Waals surface area contributed by atoms with Gasteiger partial charge < -0.3 is 19.0 Å². The number of hydrogen-bond acceptors (Lipinski definition) is 5. The highest BCUT2D eigenvalue weighted by molar-refractivity contribution is 6.06. The van der Waals surface area contributed by atoms with Crippen LogP contribution in [0.5, 0.6) is 0 Å². The Morgan fingerprint density at radius 2 is 1.90 bits per heavy atom. The van der Waals surface area contributed by atoms with E-state index in [1.54, 1.807) is 46.1 Å². The highest BCUT2D eigenvalue weighted by atomic mass is 16.5. The predicted octanol–water partition coefficient (Wildman–Crippen LogP) is 4.05. The lowest BCUT2D eigenvalue weighted by molar-refractivity contribution is -0.134. The van der Waals surface area contributed by atoms with E-state index in [2.05, 4.69) is 4.98 Å². The fraction of sp³-hybridized carbons (Fsp3) is 0.500. The molecule has 2 aromatic rings. The van der Waals surface area contributed by atoms with Crippen LogP contribution in [0, 0.1) is 19.8 Å². The molecule has 0 saturated heterocycles. The summed E-state index contributed by atoms with van der Waals surface area (Å²) < 4.78 is 10.5. The Morgan fingerprint density at radius 1 is 1.21 bits per heavy atom. The number of carbonyl (C=O) groups is 3. The Balaban J connectivity index is 2.35. The molecule has 0 unspecified atom stereocenters. The summed E-state index contributed by atoms with van der Waals surface area (Å²) in [5.74, 6) is -0.0705. The van der Waals surface area contributed by atoms with E-state index in [4.69, 9.17) is 9.15 Å². The van der Waals surface area contributed by atoms with Crippen molar-refractivity contribution < 1.29 is 23.5 Å². The van der Waals surface area contributed by atoms with Gasteiger partial charge in [0.2, 0.25) is 5.91 Å². The molecule has 0 aliphatic carbocycles. The molecule has 0 aliphatic rings. The molecule has 0 radical (unpaired) electrons. The van der Waals surface area contributed by atoms with E-state index in [0.717, 1.165) is 0 Å². The highest BCUT2D eigenvalue weighted by Crippen LogP contribution is 2.23. The van der Waals surface area contributed by atoms with Gasteiger partial charge >= 0.3 is 5.97 Å². The summed E-state index contributed by atoms with van der Waals surface area (Å²) in [5.41, 5.74) is 1.80. The van der Waals surface area contributed by atoms with Gasteiger partial charge in [0, 0.05) is 17.7 Å². The van der Waals surface area contributed by atoms with Gasteiger partial charge in [-0.15, -0.1) is 0 Å². The van der Waals surface area contributed by atoms with Crippen LogP contribution in [0.2, 0.25) is 0 Å². The first kappa shape index (κ1) is 22.5. The topological polar surface area (TPSA) is 92.6 Å². The fourth-order valence-electron chi connectivity index (χ4n) is 3.36. The quantitative estimate of drug-likeness (QED) is 0.505. The number of furan rings is 1. The smallest absolute Gasteiger partial charge is 0.355 e. The molecule has 7 heteroatoms. The number of aryl methyl sites for hydroxylation is 1. The van der Waals surface area contributed by atoms with Gasteiger partial charge in [-0.3, -0.25) is 9.59 Å². The van der Waals surface area contributed by atoms with E-state index < -0.39 is 12.0 Å². The zero-order chi connectivity index (χ0) is 21.7. The van der Waals surface area contributed by atoms with Crippen LogP contribution in [0.3, 0.4) is 0 Å². The second kappa shape index (κ2) is 9.58. The maximum absolute atomic E-state index is 13.3. The molecule has 0 fully saturated rings. The second-order valence-electron chi connectivity index (χ2n) is 7.58. The zero-order valence-corrected chi connectivity index (χ0v) is 18.0. The van der Waals surface area contributed by atoms with E-state index >= 15 is 0 Å². The van der Waals surface area contributed by atoms with Crippen LogP contribution >= 0.6 is 0 Å². The number of hydrogen-bond donors (Lipinski definition) is 1. The molecule has 158 valence electrons. The first-order valence-corrected chi connectivity index (χ1v) is 9.89. The average molecular weight is 402 g/mol. The molecule has 29 heavy (non-hydrogen) atoms. The second-order valence-corrected chi connectivity index (χ2v) is 7.58. The third-order valence-corrected chi connectivity index (χ3v) is 4.82. The zero-order valence-electron chi connectivity index (χ0n) is 18.0. The minimum atomic E-state index is -0.713. The summed E-state index contributed by atoms with van der Waals surface area (Å²) in [6.45, 7) is 11.3. The van der Waals surface area contributed by atoms with E-state index in [-0.39, 0.29) is 36.5 Å². The first-order chi connectivity index (χ1) is 13.7. The Bertz CT molecular complexity index is 864. The van der Waals surface area contributed by atoms with Gasteiger partial charge in [-0.2, -0.15) is 0 Å². The van der Waals surface area contributed by atoms with Gasteiger partial charge in [-0.1, -0.05) is 13.8 Å². The summed E-state index contributed by atoms with van der Waals surface area (Å²) in [5, 5.41) is 0. The van der Waals surface area contributed by atoms with Crippen molar-refractivity contribution >= 4 is 17.7 Å². The molecule has 2 aromatic heterocycles. The Morgan fingerprint density at radius 3 is 2.45 bits per heavy atom. The molecule has 2 rings (SSSR count). The highest BCUT2D eigenvalue weighted by Gasteiger charge is 2.31. The standard InChI is InChI=1S/C22H30N2O5/c1-7-28-22(27)20-14(4)19(15(5)23-20)21(26)16(6)24(18(25)11-13(2)3)12-17-9-8-10-29-17/h8-10,13,16,23H,7,11-12H2,1-6H3/t16-/m1/s1. The van der Waals surface area contributed by atoms with E-state index in [9.17, 15) is 14.4 Å². The lowest BCUT2D eigenvalue weighted by Crippen LogP contribution is -2.43.